The van der Waals surface area contributed by atoms with Gasteiger partial charge in [0.25, 0.3) is 5.91 Å². The van der Waals surface area contributed by atoms with E-state index in [1.54, 1.807) is 18.2 Å². The van der Waals surface area contributed by atoms with Crippen molar-refractivity contribution in [3.63, 3.8) is 0 Å². The molecule has 104 valence electrons. The normalized spacial score (nSPS) is 12.6. The number of hydrogen-bond acceptors (Lipinski definition) is 3. The number of rotatable bonds is 4. The van der Waals surface area contributed by atoms with E-state index < -0.39 is 30.2 Å². The van der Waals surface area contributed by atoms with Crippen molar-refractivity contribution in [1.82, 2.24) is 5.32 Å². The minimum atomic E-state index is -4.64. The average Bonchev–Trinajstić information content (AvgIpc) is 2.36. The van der Waals surface area contributed by atoms with Gasteiger partial charge in [0.1, 0.15) is 0 Å². The van der Waals surface area contributed by atoms with Gasteiger partial charge in [0.2, 0.25) is 5.50 Å². The molecule has 0 radical (unpaired) electrons. The summed E-state index contributed by atoms with van der Waals surface area (Å²) in [6, 6.07) is 7.76. The van der Waals surface area contributed by atoms with E-state index in [1.807, 2.05) is 5.32 Å². The van der Waals surface area contributed by atoms with Crippen molar-refractivity contribution >= 4 is 23.5 Å². The molecule has 1 N–H and O–H groups in total. The Labute approximate surface area is 111 Å². The van der Waals surface area contributed by atoms with Crippen LogP contribution in [0.5, 0.6) is 0 Å². The fraction of sp³-hybridized carbons (Fsp3) is 0.273. The average molecular weight is 296 g/mol. The molecule has 0 aliphatic heterocycles. The number of benzene rings is 1. The Balaban J connectivity index is 2.48. The molecule has 4 nitrogen and oxygen atoms in total. The lowest BCUT2D eigenvalue weighted by atomic mass is 10.2. The molecule has 19 heavy (non-hydrogen) atoms. The van der Waals surface area contributed by atoms with Crippen molar-refractivity contribution in [2.24, 2.45) is 0 Å². The molecule has 0 fully saturated rings. The molecule has 1 aromatic rings. The van der Waals surface area contributed by atoms with Crippen LogP contribution in [0.2, 0.25) is 0 Å². The fourth-order valence-electron chi connectivity index (χ4n) is 1.07. The van der Waals surface area contributed by atoms with E-state index in [0.717, 1.165) is 0 Å². The SMILES string of the molecule is O=C(NC(Cl)C(=O)OCC(F)(F)F)c1ccccc1. The van der Waals surface area contributed by atoms with Crippen LogP contribution in [0.15, 0.2) is 30.3 Å². The molecule has 0 saturated heterocycles. The van der Waals surface area contributed by atoms with Gasteiger partial charge in [0.05, 0.1) is 0 Å². The number of alkyl halides is 4. The lowest BCUT2D eigenvalue weighted by Gasteiger charge is -2.12. The summed E-state index contributed by atoms with van der Waals surface area (Å²) < 4.78 is 39.3. The maximum Gasteiger partial charge on any atom is 0.422 e. The van der Waals surface area contributed by atoms with Crippen molar-refractivity contribution in [3.05, 3.63) is 35.9 Å². The van der Waals surface area contributed by atoms with Gasteiger partial charge in [-0.25, -0.2) is 4.79 Å². The summed E-state index contributed by atoms with van der Waals surface area (Å²) in [4.78, 5) is 22.6. The monoisotopic (exact) mass is 295 g/mol. The molecule has 1 unspecified atom stereocenters. The molecule has 0 aromatic heterocycles. The number of carbonyl (C=O) groups is 2. The molecule has 0 heterocycles. The van der Waals surface area contributed by atoms with Crippen molar-refractivity contribution in [1.29, 1.82) is 0 Å². The highest BCUT2D eigenvalue weighted by molar-refractivity contribution is 6.30. The lowest BCUT2D eigenvalue weighted by molar-refractivity contribution is -0.186. The van der Waals surface area contributed by atoms with Crippen LogP contribution in [0.25, 0.3) is 0 Å². The Morgan fingerprint density at radius 2 is 1.84 bits per heavy atom. The molecule has 0 saturated carbocycles. The second-order valence-electron chi connectivity index (χ2n) is 3.42. The third kappa shape index (κ3) is 5.60. The minimum Gasteiger partial charge on any atom is -0.454 e. The fourth-order valence-corrected chi connectivity index (χ4v) is 1.24. The third-order valence-electron chi connectivity index (χ3n) is 1.88. The van der Waals surface area contributed by atoms with Crippen molar-refractivity contribution < 1.29 is 27.5 Å². The highest BCUT2D eigenvalue weighted by Gasteiger charge is 2.31. The maximum atomic E-state index is 11.8. The Hall–Kier alpha value is -1.76. The first-order chi connectivity index (χ1) is 8.79. The zero-order valence-electron chi connectivity index (χ0n) is 9.41. The van der Waals surface area contributed by atoms with Crippen LogP contribution in [0, 0.1) is 0 Å². The topological polar surface area (TPSA) is 55.4 Å². The van der Waals surface area contributed by atoms with Crippen LogP contribution in [-0.4, -0.2) is 30.2 Å². The predicted octanol–water partition coefficient (Wildman–Crippen LogP) is 2.09. The van der Waals surface area contributed by atoms with Crippen molar-refractivity contribution in [3.8, 4) is 0 Å². The zero-order chi connectivity index (χ0) is 14.5. The van der Waals surface area contributed by atoms with E-state index in [9.17, 15) is 22.8 Å². The lowest BCUT2D eigenvalue weighted by Crippen LogP contribution is -2.39. The highest BCUT2D eigenvalue weighted by atomic mass is 35.5. The summed E-state index contributed by atoms with van der Waals surface area (Å²) in [5.41, 5.74) is -1.47. The smallest absolute Gasteiger partial charge is 0.422 e. The predicted molar refractivity (Wildman–Crippen MR) is 60.6 cm³/mol. The summed E-state index contributed by atoms with van der Waals surface area (Å²) in [6.07, 6.45) is -4.64. The Kier molecular flexibility index (Phi) is 5.17. The van der Waals surface area contributed by atoms with Gasteiger partial charge in [-0.15, -0.1) is 0 Å². The Morgan fingerprint density at radius 3 is 2.37 bits per heavy atom. The number of carbonyl (C=O) groups excluding carboxylic acids is 2. The molecule has 0 bridgehead atoms. The van der Waals surface area contributed by atoms with E-state index in [1.165, 1.54) is 12.1 Å². The van der Waals surface area contributed by atoms with Gasteiger partial charge >= 0.3 is 12.1 Å². The highest BCUT2D eigenvalue weighted by Crippen LogP contribution is 2.15. The maximum absolute atomic E-state index is 11.8. The second kappa shape index (κ2) is 6.42. The van der Waals surface area contributed by atoms with Crippen LogP contribution in [-0.2, 0) is 9.53 Å². The Morgan fingerprint density at radius 1 is 1.26 bits per heavy atom. The van der Waals surface area contributed by atoms with Gasteiger partial charge in [-0.2, -0.15) is 13.2 Å². The molecule has 0 spiro atoms. The van der Waals surface area contributed by atoms with E-state index in [0.29, 0.717) is 0 Å². The van der Waals surface area contributed by atoms with E-state index in [2.05, 4.69) is 4.74 Å². The standard InChI is InChI=1S/C11H9ClF3NO3/c12-8(10(18)19-6-11(13,14)15)16-9(17)7-4-2-1-3-5-7/h1-5,8H,6H2,(H,16,17). The summed E-state index contributed by atoms with van der Waals surface area (Å²) in [5, 5.41) is 2.02. The second-order valence-corrected chi connectivity index (χ2v) is 3.86. The van der Waals surface area contributed by atoms with E-state index in [-0.39, 0.29) is 5.56 Å². The summed E-state index contributed by atoms with van der Waals surface area (Å²) in [6.45, 7) is -1.75. The van der Waals surface area contributed by atoms with Crippen LogP contribution < -0.4 is 5.32 Å². The molecule has 1 amide bonds. The molecule has 8 heteroatoms. The molecular formula is C11H9ClF3NO3. The number of hydrogen-bond donors (Lipinski definition) is 1. The number of halogens is 4. The van der Waals surface area contributed by atoms with Crippen LogP contribution in [0.4, 0.5) is 13.2 Å². The quantitative estimate of drug-likeness (QED) is 0.526. The molecular weight excluding hydrogens is 287 g/mol. The summed E-state index contributed by atoms with van der Waals surface area (Å²) in [5.74, 6) is -2.06. The first-order valence-electron chi connectivity index (χ1n) is 5.03. The minimum absolute atomic E-state index is 0.219. The van der Waals surface area contributed by atoms with Crippen molar-refractivity contribution in [2.45, 2.75) is 11.7 Å². The number of ether oxygens (including phenoxy) is 1. The molecule has 0 aliphatic carbocycles. The summed E-state index contributed by atoms with van der Waals surface area (Å²) in [7, 11) is 0. The zero-order valence-corrected chi connectivity index (χ0v) is 10.2. The van der Waals surface area contributed by atoms with Gasteiger partial charge in [-0.3, -0.25) is 4.79 Å². The van der Waals surface area contributed by atoms with Crippen LogP contribution in [0.3, 0.4) is 0 Å². The largest absolute Gasteiger partial charge is 0.454 e. The van der Waals surface area contributed by atoms with Crippen LogP contribution >= 0.6 is 11.6 Å². The first kappa shape index (κ1) is 15.3. The van der Waals surface area contributed by atoms with E-state index in [4.69, 9.17) is 11.6 Å². The van der Waals surface area contributed by atoms with Gasteiger partial charge in [0, 0.05) is 5.56 Å². The van der Waals surface area contributed by atoms with Gasteiger partial charge in [-0.05, 0) is 12.1 Å². The first-order valence-corrected chi connectivity index (χ1v) is 5.46. The van der Waals surface area contributed by atoms with E-state index >= 15 is 0 Å². The van der Waals surface area contributed by atoms with Gasteiger partial charge in [-0.1, -0.05) is 29.8 Å². The summed E-state index contributed by atoms with van der Waals surface area (Å²) >= 11 is 5.43. The number of esters is 1. The number of amides is 1. The molecule has 1 rings (SSSR count). The molecule has 0 aliphatic rings. The number of nitrogens with one attached hydrogen (secondary N) is 1. The van der Waals surface area contributed by atoms with Gasteiger partial charge in [0.15, 0.2) is 6.61 Å². The molecule has 1 aromatic carbocycles. The third-order valence-corrected chi connectivity index (χ3v) is 2.17. The Bertz CT molecular complexity index is 450. The van der Waals surface area contributed by atoms with Crippen molar-refractivity contribution in [2.75, 3.05) is 6.61 Å². The van der Waals surface area contributed by atoms with Gasteiger partial charge < -0.3 is 10.1 Å². The molecule has 1 atom stereocenters. The van der Waals surface area contributed by atoms with Crippen LogP contribution in [0.1, 0.15) is 10.4 Å².